The van der Waals surface area contributed by atoms with E-state index in [4.69, 9.17) is 14.0 Å². The summed E-state index contributed by atoms with van der Waals surface area (Å²) in [5.41, 5.74) is 5.69. The van der Waals surface area contributed by atoms with Crippen LogP contribution in [0.15, 0.2) is 54.6 Å². The largest absolute Gasteiger partial charge is 0.493 e. The molecule has 2 heterocycles. The maximum Gasteiger partial charge on any atom is 0.262 e. The molecule has 0 aliphatic carbocycles. The van der Waals surface area contributed by atoms with E-state index in [0.717, 1.165) is 28.8 Å². The van der Waals surface area contributed by atoms with Gasteiger partial charge < -0.3 is 29.9 Å². The van der Waals surface area contributed by atoms with Gasteiger partial charge in [0.15, 0.2) is 11.5 Å². The minimum Gasteiger partial charge on any atom is -0.493 e. The van der Waals surface area contributed by atoms with Gasteiger partial charge in [-0.3, -0.25) is 14.5 Å². The summed E-state index contributed by atoms with van der Waals surface area (Å²) in [7, 11) is 5.52. The van der Waals surface area contributed by atoms with Crippen LogP contribution >= 0.6 is 9.47 Å². The van der Waals surface area contributed by atoms with Gasteiger partial charge in [0.05, 0.1) is 31.0 Å². The van der Waals surface area contributed by atoms with Crippen LogP contribution in [0.25, 0.3) is 0 Å². The summed E-state index contributed by atoms with van der Waals surface area (Å²) in [6.07, 6.45) is 0.581. The van der Waals surface area contributed by atoms with Gasteiger partial charge in [0.1, 0.15) is 12.8 Å². The second kappa shape index (κ2) is 11.0. The van der Waals surface area contributed by atoms with Crippen LogP contribution in [0.5, 0.6) is 11.5 Å². The summed E-state index contributed by atoms with van der Waals surface area (Å²) in [6.45, 7) is 2.37. The first kappa shape index (κ1) is 26.0. The van der Waals surface area contributed by atoms with Gasteiger partial charge in [-0.25, -0.2) is 0 Å². The van der Waals surface area contributed by atoms with E-state index >= 15 is 0 Å². The lowest BCUT2D eigenvalue weighted by molar-refractivity contribution is -0.117. The summed E-state index contributed by atoms with van der Waals surface area (Å²) >= 11 is 0. The molecule has 0 spiro atoms. The van der Waals surface area contributed by atoms with Crippen LogP contribution in [0.3, 0.4) is 0 Å². The number of carbonyl (C=O) groups is 2. The smallest absolute Gasteiger partial charge is 0.262 e. The minimum absolute atomic E-state index is 0.0696. The van der Waals surface area contributed by atoms with Crippen LogP contribution in [0.4, 0.5) is 17.1 Å². The van der Waals surface area contributed by atoms with Gasteiger partial charge in [0.2, 0.25) is 5.91 Å². The molecule has 0 fully saturated rings. The highest BCUT2D eigenvalue weighted by molar-refractivity contribution is 7.09. The van der Waals surface area contributed by atoms with Crippen LogP contribution in [-0.4, -0.2) is 38.2 Å². The fraction of sp³-hybridized carbons (Fsp3) is 0.286. The highest BCUT2D eigenvalue weighted by Crippen LogP contribution is 2.42. The van der Waals surface area contributed by atoms with E-state index in [9.17, 15) is 9.59 Å². The molecule has 2 aliphatic rings. The molecule has 9 nitrogen and oxygen atoms in total. The SMILES string of the molecule is CNC(C)C(=O)Nc1cc(COP)cc(COc2cc3c(cc2OC)C(=O)N2c4ccccc4CC2N3)c1. The minimum atomic E-state index is -0.338. The second-order valence-corrected chi connectivity index (χ2v) is 9.69. The number of ether oxygens (including phenoxy) is 2. The summed E-state index contributed by atoms with van der Waals surface area (Å²) in [5.74, 6) is 0.765. The second-order valence-electron chi connectivity index (χ2n) is 9.35. The number of likely N-dealkylation sites (N-methyl/N-ethyl adjacent to an activating group) is 1. The maximum atomic E-state index is 13.5. The third-order valence-corrected chi connectivity index (χ3v) is 7.01. The Morgan fingerprint density at radius 1 is 1.13 bits per heavy atom. The average molecular weight is 535 g/mol. The third kappa shape index (κ3) is 5.05. The molecule has 2 aliphatic heterocycles. The molecule has 3 aromatic carbocycles. The molecule has 0 aromatic heterocycles. The molecule has 38 heavy (non-hydrogen) atoms. The van der Waals surface area contributed by atoms with Crippen molar-refractivity contribution in [3.05, 3.63) is 76.9 Å². The number of anilines is 3. The van der Waals surface area contributed by atoms with E-state index < -0.39 is 0 Å². The first-order chi connectivity index (χ1) is 18.4. The zero-order valence-electron chi connectivity index (χ0n) is 21.5. The van der Waals surface area contributed by atoms with Crippen molar-refractivity contribution < 1.29 is 23.6 Å². The Morgan fingerprint density at radius 3 is 2.63 bits per heavy atom. The lowest BCUT2D eigenvalue weighted by atomic mass is 10.1. The first-order valence-corrected chi connectivity index (χ1v) is 12.8. The molecule has 0 saturated heterocycles. The number of rotatable bonds is 9. The summed E-state index contributed by atoms with van der Waals surface area (Å²) < 4.78 is 17.0. The molecular formula is C28H31N4O5P. The highest BCUT2D eigenvalue weighted by atomic mass is 31.0. The van der Waals surface area contributed by atoms with Crippen LogP contribution in [0, 0.1) is 0 Å². The highest BCUT2D eigenvalue weighted by Gasteiger charge is 2.39. The Hall–Kier alpha value is -3.65. The van der Waals surface area contributed by atoms with Crippen molar-refractivity contribution in [2.75, 3.05) is 29.7 Å². The molecule has 0 radical (unpaired) electrons. The van der Waals surface area contributed by atoms with Crippen molar-refractivity contribution >= 4 is 38.3 Å². The van der Waals surface area contributed by atoms with E-state index in [1.165, 1.54) is 0 Å². The van der Waals surface area contributed by atoms with E-state index in [2.05, 4.69) is 31.5 Å². The number of hydrogen-bond acceptors (Lipinski definition) is 7. The van der Waals surface area contributed by atoms with Crippen molar-refractivity contribution in [1.82, 2.24) is 5.32 Å². The Bertz CT molecular complexity index is 1380. The fourth-order valence-electron chi connectivity index (χ4n) is 4.83. The number of fused-ring (bicyclic) bond motifs is 4. The Balaban J connectivity index is 1.38. The molecule has 3 unspecified atom stereocenters. The van der Waals surface area contributed by atoms with Crippen molar-refractivity contribution in [2.24, 2.45) is 0 Å². The molecule has 3 N–H and O–H groups in total. The van der Waals surface area contributed by atoms with Gasteiger partial charge in [0.25, 0.3) is 5.91 Å². The van der Waals surface area contributed by atoms with Crippen molar-refractivity contribution in [3.8, 4) is 11.5 Å². The van der Waals surface area contributed by atoms with Gasteiger partial charge in [0, 0.05) is 33.3 Å². The number of para-hydroxylation sites is 1. The first-order valence-electron chi connectivity index (χ1n) is 12.4. The van der Waals surface area contributed by atoms with Gasteiger partial charge >= 0.3 is 0 Å². The standard InChI is InChI=1S/C28H31N4O5P/c1-16(29-2)27(33)30-20-9-17(8-18(10-20)15-37-38)14-36-25-13-22-21(12-24(25)35-3)28(34)32-23-7-5-4-6-19(23)11-26(32)31-22/h4-10,12-13,16,26,29,31H,11,14-15,38H2,1-3H3,(H,30,33). The zero-order chi connectivity index (χ0) is 26.8. The Morgan fingerprint density at radius 2 is 1.89 bits per heavy atom. The summed E-state index contributed by atoms with van der Waals surface area (Å²) in [4.78, 5) is 27.7. The van der Waals surface area contributed by atoms with E-state index in [-0.39, 0.29) is 30.6 Å². The average Bonchev–Trinajstić information content (AvgIpc) is 3.29. The third-order valence-electron chi connectivity index (χ3n) is 6.84. The monoisotopic (exact) mass is 534 g/mol. The molecule has 10 heteroatoms. The van der Waals surface area contributed by atoms with Crippen LogP contribution < -0.4 is 30.3 Å². The Labute approximate surface area is 224 Å². The normalized spacial score (nSPS) is 16.2. The lowest BCUT2D eigenvalue weighted by Gasteiger charge is -2.33. The van der Waals surface area contributed by atoms with Gasteiger partial charge in [-0.05, 0) is 61.0 Å². The molecule has 3 atom stereocenters. The summed E-state index contributed by atoms with van der Waals surface area (Å²) in [6, 6.07) is 16.9. The molecule has 3 aromatic rings. The molecular weight excluding hydrogens is 503 g/mol. The van der Waals surface area contributed by atoms with E-state index in [1.807, 2.05) is 47.4 Å². The van der Waals surface area contributed by atoms with Gasteiger partial charge in [-0.1, -0.05) is 18.2 Å². The molecule has 198 valence electrons. The molecule has 0 bridgehead atoms. The van der Waals surface area contributed by atoms with Crippen LogP contribution in [0.1, 0.15) is 34.0 Å². The van der Waals surface area contributed by atoms with E-state index in [0.29, 0.717) is 35.0 Å². The zero-order valence-corrected chi connectivity index (χ0v) is 22.7. The van der Waals surface area contributed by atoms with Crippen molar-refractivity contribution in [3.63, 3.8) is 0 Å². The van der Waals surface area contributed by atoms with Crippen molar-refractivity contribution in [2.45, 2.75) is 38.8 Å². The quantitative estimate of drug-likeness (QED) is 0.356. The molecule has 0 saturated carbocycles. The fourth-order valence-corrected chi connectivity index (χ4v) is 5.02. The number of amides is 2. The van der Waals surface area contributed by atoms with Crippen LogP contribution in [0.2, 0.25) is 0 Å². The number of nitrogens with zero attached hydrogens (tertiary/aromatic N) is 1. The topological polar surface area (TPSA) is 101 Å². The molecule has 2 amide bonds. The van der Waals surface area contributed by atoms with Gasteiger partial charge in [-0.15, -0.1) is 0 Å². The number of nitrogens with one attached hydrogen (secondary N) is 3. The number of carbonyl (C=O) groups excluding carboxylic acids is 2. The van der Waals surface area contributed by atoms with Gasteiger partial charge in [-0.2, -0.15) is 0 Å². The number of benzene rings is 3. The summed E-state index contributed by atoms with van der Waals surface area (Å²) in [5, 5.41) is 9.36. The van der Waals surface area contributed by atoms with E-state index in [1.54, 1.807) is 27.1 Å². The predicted octanol–water partition coefficient (Wildman–Crippen LogP) is 4.08. The Kier molecular flexibility index (Phi) is 7.51. The molecule has 5 rings (SSSR count). The maximum absolute atomic E-state index is 13.5. The predicted molar refractivity (Wildman–Crippen MR) is 150 cm³/mol. The number of methoxy groups -OCH3 is 1. The number of hydrogen-bond donors (Lipinski definition) is 3. The lowest BCUT2D eigenvalue weighted by Crippen LogP contribution is -2.46. The van der Waals surface area contributed by atoms with Crippen LogP contribution in [-0.2, 0) is 29.0 Å². The van der Waals surface area contributed by atoms with Crippen molar-refractivity contribution in [1.29, 1.82) is 0 Å².